The zero-order valence-corrected chi connectivity index (χ0v) is 16.7. The fraction of sp³-hybridized carbons (Fsp3) is 0.476. The van der Waals surface area contributed by atoms with Gasteiger partial charge in [0.1, 0.15) is 5.75 Å². The van der Waals surface area contributed by atoms with Crippen LogP contribution in [-0.4, -0.2) is 60.1 Å². The second-order valence-corrected chi connectivity index (χ2v) is 7.60. The highest BCUT2D eigenvalue weighted by Crippen LogP contribution is 2.28. The Kier molecular flexibility index (Phi) is 5.17. The van der Waals surface area contributed by atoms with Crippen molar-refractivity contribution in [3.63, 3.8) is 0 Å². The molecule has 1 amide bonds. The number of aryl methyl sites for hydroxylation is 3. The largest absolute Gasteiger partial charge is 0.480 e. The van der Waals surface area contributed by atoms with E-state index in [1.165, 1.54) is 0 Å². The van der Waals surface area contributed by atoms with E-state index < -0.39 is 6.10 Å². The first kappa shape index (κ1) is 18.7. The maximum absolute atomic E-state index is 12.8. The number of likely N-dealkylation sites (N-methyl/N-ethyl adjacent to an activating group) is 1. The average Bonchev–Trinajstić information content (AvgIpc) is 2.70. The first-order valence-corrected chi connectivity index (χ1v) is 9.85. The van der Waals surface area contributed by atoms with E-state index in [1.54, 1.807) is 0 Å². The topological polar surface area (TPSA) is 70.6 Å². The van der Waals surface area contributed by atoms with Crippen molar-refractivity contribution in [2.24, 2.45) is 0 Å². The Hall–Kier alpha value is -2.67. The molecule has 1 unspecified atom stereocenters. The molecular weight excluding hydrogens is 354 g/mol. The lowest BCUT2D eigenvalue weighted by Gasteiger charge is -2.32. The van der Waals surface area contributed by atoms with E-state index >= 15 is 0 Å². The summed E-state index contributed by atoms with van der Waals surface area (Å²) in [5, 5.41) is 3.00. The standard InChI is InChI=1S/C21H27N5O2/c1-14-19(15(2)23-21(22-14)26-12-10-25(3)11-13-26)24-20(27)18-9-8-16-6-4-5-7-17(16)28-18/h4-7,18H,8-13H2,1-3H3,(H,24,27). The number of carbonyl (C=O) groups is 1. The SMILES string of the molecule is Cc1nc(N2CCN(C)CC2)nc(C)c1NC(=O)C1CCc2ccccc2O1. The van der Waals surface area contributed by atoms with Crippen molar-refractivity contribution < 1.29 is 9.53 Å². The average molecular weight is 381 g/mol. The fourth-order valence-electron chi connectivity index (χ4n) is 3.74. The molecule has 0 bridgehead atoms. The predicted molar refractivity (Wildman–Crippen MR) is 109 cm³/mol. The maximum atomic E-state index is 12.8. The van der Waals surface area contributed by atoms with Gasteiger partial charge in [-0.15, -0.1) is 0 Å². The molecular formula is C21H27N5O2. The number of ether oxygens (including phenoxy) is 1. The summed E-state index contributed by atoms with van der Waals surface area (Å²) in [6.45, 7) is 7.66. The molecule has 28 heavy (non-hydrogen) atoms. The van der Waals surface area contributed by atoms with E-state index in [0.717, 1.165) is 61.2 Å². The number of fused-ring (bicyclic) bond motifs is 1. The molecule has 0 radical (unpaired) electrons. The molecule has 0 spiro atoms. The smallest absolute Gasteiger partial charge is 0.265 e. The molecule has 2 aliphatic rings. The Morgan fingerprint density at radius 3 is 2.50 bits per heavy atom. The number of hydrogen-bond acceptors (Lipinski definition) is 6. The van der Waals surface area contributed by atoms with E-state index in [4.69, 9.17) is 4.74 Å². The van der Waals surface area contributed by atoms with Crippen LogP contribution in [0.25, 0.3) is 0 Å². The van der Waals surface area contributed by atoms with E-state index in [1.807, 2.05) is 38.1 Å². The molecule has 148 valence electrons. The van der Waals surface area contributed by atoms with Crippen molar-refractivity contribution in [2.75, 3.05) is 43.4 Å². The Bertz CT molecular complexity index is 854. The third kappa shape index (κ3) is 3.80. The molecule has 1 saturated heterocycles. The third-order valence-electron chi connectivity index (χ3n) is 5.50. The van der Waals surface area contributed by atoms with Gasteiger partial charge < -0.3 is 19.9 Å². The number of carbonyl (C=O) groups excluding carboxylic acids is 1. The number of nitrogens with zero attached hydrogens (tertiary/aromatic N) is 4. The predicted octanol–water partition coefficient (Wildman–Crippen LogP) is 2.18. The van der Waals surface area contributed by atoms with Gasteiger partial charge in [0, 0.05) is 26.2 Å². The molecule has 7 nitrogen and oxygen atoms in total. The molecule has 3 heterocycles. The fourth-order valence-corrected chi connectivity index (χ4v) is 3.74. The first-order valence-electron chi connectivity index (χ1n) is 9.85. The van der Waals surface area contributed by atoms with Crippen molar-refractivity contribution >= 4 is 17.5 Å². The van der Waals surface area contributed by atoms with Gasteiger partial charge in [0.2, 0.25) is 5.95 Å². The van der Waals surface area contributed by atoms with Crippen LogP contribution in [-0.2, 0) is 11.2 Å². The second kappa shape index (κ2) is 7.75. The van der Waals surface area contributed by atoms with Crippen LogP contribution in [0.1, 0.15) is 23.4 Å². The number of piperazine rings is 1. The molecule has 0 saturated carbocycles. The van der Waals surface area contributed by atoms with Crippen molar-refractivity contribution in [3.05, 3.63) is 41.2 Å². The minimum Gasteiger partial charge on any atom is -0.480 e. The molecule has 1 aromatic carbocycles. The number of para-hydroxylation sites is 1. The van der Waals surface area contributed by atoms with Gasteiger partial charge in [-0.2, -0.15) is 0 Å². The molecule has 1 fully saturated rings. The lowest BCUT2D eigenvalue weighted by Crippen LogP contribution is -2.45. The van der Waals surface area contributed by atoms with Crippen LogP contribution in [0, 0.1) is 13.8 Å². The summed E-state index contributed by atoms with van der Waals surface area (Å²) >= 11 is 0. The van der Waals surface area contributed by atoms with Crippen LogP contribution in [0.2, 0.25) is 0 Å². The molecule has 1 N–H and O–H groups in total. The van der Waals surface area contributed by atoms with Gasteiger partial charge >= 0.3 is 0 Å². The lowest BCUT2D eigenvalue weighted by atomic mass is 10.0. The van der Waals surface area contributed by atoms with Crippen molar-refractivity contribution in [1.29, 1.82) is 0 Å². The van der Waals surface area contributed by atoms with Gasteiger partial charge in [-0.3, -0.25) is 4.79 Å². The molecule has 0 aliphatic carbocycles. The van der Waals surface area contributed by atoms with Crippen molar-refractivity contribution in [1.82, 2.24) is 14.9 Å². The minimum atomic E-state index is -0.494. The van der Waals surface area contributed by atoms with Crippen LogP contribution in [0.3, 0.4) is 0 Å². The molecule has 1 aromatic heterocycles. The van der Waals surface area contributed by atoms with Crippen LogP contribution in [0.5, 0.6) is 5.75 Å². The van der Waals surface area contributed by atoms with Gasteiger partial charge in [0.25, 0.3) is 5.91 Å². The quantitative estimate of drug-likeness (QED) is 0.879. The number of benzene rings is 1. The van der Waals surface area contributed by atoms with Crippen LogP contribution >= 0.6 is 0 Å². The highest BCUT2D eigenvalue weighted by molar-refractivity contribution is 5.95. The van der Waals surface area contributed by atoms with Crippen molar-refractivity contribution in [3.8, 4) is 5.75 Å². The Labute approximate surface area is 165 Å². The first-order chi connectivity index (χ1) is 13.5. The summed E-state index contributed by atoms with van der Waals surface area (Å²) in [5.74, 6) is 1.39. The number of aromatic nitrogens is 2. The van der Waals surface area contributed by atoms with Gasteiger partial charge in [-0.05, 0) is 45.4 Å². The third-order valence-corrected chi connectivity index (χ3v) is 5.50. The normalized spacial score (nSPS) is 19.7. The Morgan fingerprint density at radius 2 is 1.79 bits per heavy atom. The van der Waals surface area contributed by atoms with E-state index in [0.29, 0.717) is 12.1 Å². The maximum Gasteiger partial charge on any atom is 0.265 e. The summed E-state index contributed by atoms with van der Waals surface area (Å²) in [6.07, 6.45) is 1.01. The Morgan fingerprint density at radius 1 is 1.11 bits per heavy atom. The summed E-state index contributed by atoms with van der Waals surface area (Å²) in [5.41, 5.74) is 3.40. The van der Waals surface area contributed by atoms with Crippen LogP contribution in [0.4, 0.5) is 11.6 Å². The molecule has 2 aliphatic heterocycles. The number of nitrogens with one attached hydrogen (secondary N) is 1. The molecule has 7 heteroatoms. The minimum absolute atomic E-state index is 0.142. The highest BCUT2D eigenvalue weighted by Gasteiger charge is 2.27. The van der Waals surface area contributed by atoms with E-state index in [-0.39, 0.29) is 5.91 Å². The second-order valence-electron chi connectivity index (χ2n) is 7.60. The molecule has 2 aromatic rings. The molecule has 4 rings (SSSR count). The van der Waals surface area contributed by atoms with Crippen LogP contribution in [0.15, 0.2) is 24.3 Å². The van der Waals surface area contributed by atoms with Gasteiger partial charge in [0.05, 0.1) is 17.1 Å². The van der Waals surface area contributed by atoms with Gasteiger partial charge in [-0.1, -0.05) is 18.2 Å². The van der Waals surface area contributed by atoms with Crippen molar-refractivity contribution in [2.45, 2.75) is 32.8 Å². The Balaban J connectivity index is 1.47. The summed E-state index contributed by atoms with van der Waals surface area (Å²) < 4.78 is 5.91. The number of hydrogen-bond donors (Lipinski definition) is 1. The van der Waals surface area contributed by atoms with Crippen LogP contribution < -0.4 is 15.0 Å². The monoisotopic (exact) mass is 381 g/mol. The molecule has 1 atom stereocenters. The zero-order chi connectivity index (χ0) is 19.7. The number of rotatable bonds is 3. The summed E-state index contributed by atoms with van der Waals surface area (Å²) in [7, 11) is 2.12. The van der Waals surface area contributed by atoms with E-state index in [2.05, 4.69) is 32.1 Å². The summed E-state index contributed by atoms with van der Waals surface area (Å²) in [4.78, 5) is 26.6. The van der Waals surface area contributed by atoms with E-state index in [9.17, 15) is 4.79 Å². The number of anilines is 2. The van der Waals surface area contributed by atoms with Gasteiger partial charge in [0.15, 0.2) is 6.10 Å². The lowest BCUT2D eigenvalue weighted by molar-refractivity contribution is -0.123. The highest BCUT2D eigenvalue weighted by atomic mass is 16.5. The zero-order valence-electron chi connectivity index (χ0n) is 16.7. The summed E-state index contributed by atoms with van der Waals surface area (Å²) in [6, 6.07) is 7.88. The van der Waals surface area contributed by atoms with Gasteiger partial charge in [-0.25, -0.2) is 9.97 Å². The number of amides is 1.